The molecule has 0 spiro atoms. The first-order valence-corrected chi connectivity index (χ1v) is 22.6. The van der Waals surface area contributed by atoms with E-state index in [-0.39, 0.29) is 0 Å². The van der Waals surface area contributed by atoms with Crippen molar-refractivity contribution in [3.63, 3.8) is 0 Å². The van der Waals surface area contributed by atoms with Gasteiger partial charge in [-0.2, -0.15) is 0 Å². The number of rotatable bonds is 22. The van der Waals surface area contributed by atoms with Crippen LogP contribution in [0.3, 0.4) is 0 Å². The Morgan fingerprint density at radius 3 is 0.867 bits per heavy atom. The van der Waals surface area contributed by atoms with E-state index >= 15 is 0 Å². The molecule has 0 atom stereocenters. The SMILES string of the molecule is CCCCCCOc1ccc(-c2ccc(CCc3ccc(-c4cccc(-c5ccc(CCc6ccc(-c7ccc(OCCCCCC)cc7)cc6)cc5)c4)cc3)cc2)cc1. The van der Waals surface area contributed by atoms with Crippen LogP contribution in [0.15, 0.2) is 170 Å². The predicted molar refractivity (Wildman–Crippen MR) is 255 cm³/mol. The molecule has 0 fully saturated rings. The summed E-state index contributed by atoms with van der Waals surface area (Å²) in [6, 6.07) is 62.3. The highest BCUT2D eigenvalue weighted by molar-refractivity contribution is 5.73. The smallest absolute Gasteiger partial charge is 0.119 e. The summed E-state index contributed by atoms with van der Waals surface area (Å²) in [7, 11) is 0. The summed E-state index contributed by atoms with van der Waals surface area (Å²) in [5.41, 5.74) is 15.4. The predicted octanol–water partition coefficient (Wildman–Crippen LogP) is 15.8. The van der Waals surface area contributed by atoms with Crippen LogP contribution >= 0.6 is 0 Å². The van der Waals surface area contributed by atoms with E-state index in [1.807, 2.05) is 0 Å². The molecule has 7 aromatic rings. The van der Waals surface area contributed by atoms with Crippen molar-refractivity contribution in [3.05, 3.63) is 192 Å². The molecule has 306 valence electrons. The molecule has 0 saturated carbocycles. The van der Waals surface area contributed by atoms with E-state index in [0.29, 0.717) is 0 Å². The molecule has 2 nitrogen and oxygen atoms in total. The summed E-state index contributed by atoms with van der Waals surface area (Å²) in [5, 5.41) is 0. The summed E-state index contributed by atoms with van der Waals surface area (Å²) >= 11 is 0. The van der Waals surface area contributed by atoms with E-state index in [4.69, 9.17) is 9.47 Å². The van der Waals surface area contributed by atoms with E-state index < -0.39 is 0 Å². The molecule has 0 bridgehead atoms. The number of ether oxygens (including phenoxy) is 2. The lowest BCUT2D eigenvalue weighted by Gasteiger charge is -2.10. The van der Waals surface area contributed by atoms with E-state index in [1.165, 1.54) is 105 Å². The molecule has 0 aliphatic heterocycles. The zero-order chi connectivity index (χ0) is 41.2. The molecule has 0 radical (unpaired) electrons. The number of aryl methyl sites for hydroxylation is 4. The van der Waals surface area contributed by atoms with Crippen molar-refractivity contribution in [2.45, 2.75) is 90.9 Å². The molecule has 0 aliphatic carbocycles. The first-order valence-electron chi connectivity index (χ1n) is 22.6. The van der Waals surface area contributed by atoms with E-state index in [2.05, 4.69) is 184 Å². The van der Waals surface area contributed by atoms with Crippen molar-refractivity contribution in [3.8, 4) is 56.0 Å². The van der Waals surface area contributed by atoms with Crippen LogP contribution in [-0.2, 0) is 25.7 Å². The molecule has 0 aromatic heterocycles. The van der Waals surface area contributed by atoms with Crippen LogP contribution in [0, 0.1) is 0 Å². The molecule has 0 N–H and O–H groups in total. The Bertz CT molecular complexity index is 2120. The summed E-state index contributed by atoms with van der Waals surface area (Å²) in [6.45, 7) is 6.07. The molecular formula is C58H62O2. The van der Waals surface area contributed by atoms with Crippen molar-refractivity contribution < 1.29 is 9.47 Å². The Morgan fingerprint density at radius 1 is 0.283 bits per heavy atom. The molecule has 0 heterocycles. The number of hydrogen-bond donors (Lipinski definition) is 0. The van der Waals surface area contributed by atoms with Gasteiger partial charge < -0.3 is 9.47 Å². The highest BCUT2D eigenvalue weighted by Gasteiger charge is 2.06. The Balaban J connectivity index is 0.859. The Morgan fingerprint density at radius 2 is 0.567 bits per heavy atom. The van der Waals surface area contributed by atoms with Gasteiger partial charge >= 0.3 is 0 Å². The van der Waals surface area contributed by atoms with Gasteiger partial charge in [0.05, 0.1) is 13.2 Å². The lowest BCUT2D eigenvalue weighted by molar-refractivity contribution is 0.305. The van der Waals surface area contributed by atoms with Crippen LogP contribution in [0.4, 0.5) is 0 Å². The van der Waals surface area contributed by atoms with E-state index in [1.54, 1.807) is 0 Å². The summed E-state index contributed by atoms with van der Waals surface area (Å²) < 4.78 is 11.9. The second-order valence-electron chi connectivity index (χ2n) is 16.2. The molecule has 0 saturated heterocycles. The first-order chi connectivity index (χ1) is 29.6. The minimum atomic E-state index is 0.797. The van der Waals surface area contributed by atoms with Crippen LogP contribution in [0.1, 0.15) is 87.5 Å². The largest absolute Gasteiger partial charge is 0.494 e. The third-order valence-electron chi connectivity index (χ3n) is 11.7. The number of benzene rings is 7. The molecule has 7 aromatic carbocycles. The maximum Gasteiger partial charge on any atom is 0.119 e. The van der Waals surface area contributed by atoms with Gasteiger partial charge in [0.15, 0.2) is 0 Å². The van der Waals surface area contributed by atoms with Crippen molar-refractivity contribution in [2.75, 3.05) is 13.2 Å². The zero-order valence-corrected chi connectivity index (χ0v) is 35.9. The fourth-order valence-corrected chi connectivity index (χ4v) is 7.84. The van der Waals surface area contributed by atoms with Gasteiger partial charge in [0, 0.05) is 0 Å². The maximum atomic E-state index is 5.93. The van der Waals surface area contributed by atoms with Crippen molar-refractivity contribution in [1.29, 1.82) is 0 Å². The Kier molecular flexibility index (Phi) is 15.8. The quantitative estimate of drug-likeness (QED) is 0.0637. The van der Waals surface area contributed by atoms with E-state index in [9.17, 15) is 0 Å². The highest BCUT2D eigenvalue weighted by atomic mass is 16.5. The zero-order valence-electron chi connectivity index (χ0n) is 35.9. The van der Waals surface area contributed by atoms with Crippen LogP contribution in [-0.4, -0.2) is 13.2 Å². The summed E-state index contributed by atoms with van der Waals surface area (Å²) in [5.74, 6) is 1.91. The highest BCUT2D eigenvalue weighted by Crippen LogP contribution is 2.29. The Labute approximate surface area is 360 Å². The van der Waals surface area contributed by atoms with Gasteiger partial charge in [-0.15, -0.1) is 0 Å². The molecule has 7 rings (SSSR count). The normalized spacial score (nSPS) is 11.1. The third-order valence-corrected chi connectivity index (χ3v) is 11.7. The van der Waals surface area contributed by atoms with Crippen LogP contribution in [0.2, 0.25) is 0 Å². The van der Waals surface area contributed by atoms with Crippen LogP contribution < -0.4 is 9.47 Å². The Hall–Kier alpha value is -5.86. The fraction of sp³-hybridized carbons (Fsp3) is 0.276. The average molecular weight is 791 g/mol. The summed E-state index contributed by atoms with van der Waals surface area (Å²) in [4.78, 5) is 0. The van der Waals surface area contributed by atoms with Crippen molar-refractivity contribution >= 4 is 0 Å². The second-order valence-corrected chi connectivity index (χ2v) is 16.2. The minimum absolute atomic E-state index is 0.797. The van der Waals surface area contributed by atoms with Crippen molar-refractivity contribution in [1.82, 2.24) is 0 Å². The van der Waals surface area contributed by atoms with Gasteiger partial charge in [-0.05, 0) is 136 Å². The van der Waals surface area contributed by atoms with Gasteiger partial charge in [0.25, 0.3) is 0 Å². The minimum Gasteiger partial charge on any atom is -0.494 e. The maximum absolute atomic E-state index is 5.93. The van der Waals surface area contributed by atoms with Gasteiger partial charge in [0.2, 0.25) is 0 Å². The van der Waals surface area contributed by atoms with Crippen molar-refractivity contribution in [2.24, 2.45) is 0 Å². The lowest BCUT2D eigenvalue weighted by Crippen LogP contribution is -1.97. The lowest BCUT2D eigenvalue weighted by atomic mass is 9.96. The molecular weight excluding hydrogens is 729 g/mol. The van der Waals surface area contributed by atoms with E-state index in [0.717, 1.165) is 63.2 Å². The first kappa shape index (κ1) is 42.3. The standard InChI is InChI=1S/C58H62O2/c1-3-5-7-9-42-59-57-38-34-51(35-39-57)49-26-18-45(19-27-49)14-16-47-22-30-53(31-23-47)55-12-11-13-56(44-55)54-32-24-48(25-33-54)17-15-46-20-28-50(29-21-46)52-36-40-58(41-37-52)60-43-10-8-6-4-2/h11-13,18-41,44H,3-10,14-17,42-43H2,1-2H3. The molecule has 0 amide bonds. The van der Waals surface area contributed by atoms with Crippen LogP contribution in [0.5, 0.6) is 11.5 Å². The topological polar surface area (TPSA) is 18.5 Å². The molecule has 2 heteroatoms. The summed E-state index contributed by atoms with van der Waals surface area (Å²) in [6.07, 6.45) is 13.9. The van der Waals surface area contributed by atoms with Gasteiger partial charge in [-0.3, -0.25) is 0 Å². The van der Waals surface area contributed by atoms with Gasteiger partial charge in [-0.1, -0.05) is 192 Å². The molecule has 0 aliphatic rings. The number of hydrogen-bond acceptors (Lipinski definition) is 2. The molecule has 60 heavy (non-hydrogen) atoms. The second kappa shape index (κ2) is 22.5. The number of unbranched alkanes of at least 4 members (excludes halogenated alkanes) is 6. The van der Waals surface area contributed by atoms with Gasteiger partial charge in [0.1, 0.15) is 11.5 Å². The van der Waals surface area contributed by atoms with Gasteiger partial charge in [-0.25, -0.2) is 0 Å². The molecule has 0 unspecified atom stereocenters. The van der Waals surface area contributed by atoms with Crippen LogP contribution in [0.25, 0.3) is 44.5 Å². The monoisotopic (exact) mass is 790 g/mol. The third kappa shape index (κ3) is 12.6. The average Bonchev–Trinajstić information content (AvgIpc) is 3.31. The fourth-order valence-electron chi connectivity index (χ4n) is 7.84.